The minimum absolute atomic E-state index is 0.784. The molecule has 8 nitrogen and oxygen atoms in total. The van der Waals surface area contributed by atoms with Crippen molar-refractivity contribution >= 4 is 23.4 Å². The van der Waals surface area contributed by atoms with E-state index in [0.717, 1.165) is 60.2 Å². The van der Waals surface area contributed by atoms with Crippen LogP contribution in [0.3, 0.4) is 0 Å². The van der Waals surface area contributed by atoms with Crippen LogP contribution in [0.15, 0.2) is 35.9 Å². The second-order valence-electron chi connectivity index (χ2n) is 6.46. The minimum atomic E-state index is 0.784. The third kappa shape index (κ3) is 3.87. The molecule has 0 amide bonds. The van der Waals surface area contributed by atoms with Crippen molar-refractivity contribution < 1.29 is 0 Å². The number of rotatable bonds is 4. The fraction of sp³-hybridized carbons (Fsp3) is 0.389. The summed E-state index contributed by atoms with van der Waals surface area (Å²) < 4.78 is 1.78. The zero-order valence-electron chi connectivity index (χ0n) is 15.7. The topological polar surface area (TPSA) is 75.9 Å². The molecule has 3 aromatic heterocycles. The van der Waals surface area contributed by atoms with E-state index < -0.39 is 0 Å². The summed E-state index contributed by atoms with van der Waals surface area (Å²) in [5.74, 6) is 2.71. The molecular weight excluding hydrogens is 360 g/mol. The molecule has 3 aromatic rings. The predicted octanol–water partition coefficient (Wildman–Crippen LogP) is 2.12. The SMILES string of the molecule is CSc1nc(C)cc(N2CCN(c3cc(-n4ccc(C)n4)ncn3)CC2)n1. The molecule has 0 aliphatic carbocycles. The summed E-state index contributed by atoms with van der Waals surface area (Å²) in [6.45, 7) is 7.53. The number of hydrogen-bond donors (Lipinski definition) is 0. The van der Waals surface area contributed by atoms with Gasteiger partial charge >= 0.3 is 0 Å². The quantitative estimate of drug-likeness (QED) is 0.502. The lowest BCUT2D eigenvalue weighted by Crippen LogP contribution is -2.47. The highest BCUT2D eigenvalue weighted by atomic mass is 32.2. The van der Waals surface area contributed by atoms with E-state index in [9.17, 15) is 0 Å². The molecule has 9 heteroatoms. The van der Waals surface area contributed by atoms with Crippen molar-refractivity contribution in [3.8, 4) is 5.82 Å². The Morgan fingerprint density at radius 1 is 0.852 bits per heavy atom. The monoisotopic (exact) mass is 382 g/mol. The largest absolute Gasteiger partial charge is 0.353 e. The predicted molar refractivity (Wildman–Crippen MR) is 107 cm³/mol. The number of aryl methyl sites for hydroxylation is 2. The van der Waals surface area contributed by atoms with Crippen LogP contribution in [0.2, 0.25) is 0 Å². The van der Waals surface area contributed by atoms with E-state index in [4.69, 9.17) is 0 Å². The van der Waals surface area contributed by atoms with Gasteiger partial charge in [0.2, 0.25) is 0 Å². The van der Waals surface area contributed by atoms with Crippen molar-refractivity contribution in [3.05, 3.63) is 42.1 Å². The fourth-order valence-electron chi connectivity index (χ4n) is 3.12. The maximum atomic E-state index is 4.65. The number of hydrogen-bond acceptors (Lipinski definition) is 8. The molecule has 0 radical (unpaired) electrons. The van der Waals surface area contributed by atoms with Crippen LogP contribution < -0.4 is 9.80 Å². The molecule has 4 rings (SSSR count). The number of thioether (sulfide) groups is 1. The molecule has 140 valence electrons. The van der Waals surface area contributed by atoms with Crippen LogP contribution in [-0.4, -0.2) is 62.2 Å². The van der Waals surface area contributed by atoms with Crippen molar-refractivity contribution in [1.82, 2.24) is 29.7 Å². The van der Waals surface area contributed by atoms with E-state index in [0.29, 0.717) is 0 Å². The number of aromatic nitrogens is 6. The van der Waals surface area contributed by atoms with Crippen LogP contribution in [0, 0.1) is 13.8 Å². The van der Waals surface area contributed by atoms with Gasteiger partial charge in [0, 0.05) is 50.2 Å². The van der Waals surface area contributed by atoms with Gasteiger partial charge in [0.15, 0.2) is 11.0 Å². The molecule has 1 aliphatic heterocycles. The Kier molecular flexibility index (Phi) is 4.93. The molecule has 1 fully saturated rings. The molecule has 0 unspecified atom stereocenters. The highest BCUT2D eigenvalue weighted by Crippen LogP contribution is 2.21. The van der Waals surface area contributed by atoms with Gasteiger partial charge < -0.3 is 9.80 Å². The van der Waals surface area contributed by atoms with Gasteiger partial charge in [0.05, 0.1) is 5.69 Å². The number of nitrogens with zero attached hydrogens (tertiary/aromatic N) is 8. The third-order valence-electron chi connectivity index (χ3n) is 4.53. The normalized spacial score (nSPS) is 14.6. The van der Waals surface area contributed by atoms with Gasteiger partial charge in [-0.1, -0.05) is 11.8 Å². The summed E-state index contributed by atoms with van der Waals surface area (Å²) in [6, 6.07) is 6.01. The molecule has 0 bridgehead atoms. The Morgan fingerprint density at radius 3 is 2.22 bits per heavy atom. The summed E-state index contributed by atoms with van der Waals surface area (Å²) in [6.07, 6.45) is 5.52. The Bertz CT molecular complexity index is 933. The maximum Gasteiger partial charge on any atom is 0.189 e. The lowest BCUT2D eigenvalue weighted by Gasteiger charge is -2.36. The van der Waals surface area contributed by atoms with Crippen molar-refractivity contribution in [1.29, 1.82) is 0 Å². The first-order valence-electron chi connectivity index (χ1n) is 8.86. The van der Waals surface area contributed by atoms with E-state index in [2.05, 4.69) is 40.9 Å². The van der Waals surface area contributed by atoms with Crippen molar-refractivity contribution in [2.75, 3.05) is 42.2 Å². The molecule has 0 aromatic carbocycles. The van der Waals surface area contributed by atoms with E-state index in [1.54, 1.807) is 22.8 Å². The molecular formula is C18H22N8S. The van der Waals surface area contributed by atoms with Crippen molar-refractivity contribution in [3.63, 3.8) is 0 Å². The van der Waals surface area contributed by atoms with E-state index in [1.807, 2.05) is 38.4 Å². The van der Waals surface area contributed by atoms with E-state index in [1.165, 1.54) is 0 Å². The number of anilines is 2. The van der Waals surface area contributed by atoms with Gasteiger partial charge in [-0.25, -0.2) is 24.6 Å². The first-order chi connectivity index (χ1) is 13.1. The summed E-state index contributed by atoms with van der Waals surface area (Å²) >= 11 is 1.58. The van der Waals surface area contributed by atoms with E-state index >= 15 is 0 Å². The molecule has 0 spiro atoms. The Balaban J connectivity index is 1.47. The molecule has 27 heavy (non-hydrogen) atoms. The van der Waals surface area contributed by atoms with Crippen LogP contribution >= 0.6 is 11.8 Å². The molecule has 1 saturated heterocycles. The van der Waals surface area contributed by atoms with E-state index in [-0.39, 0.29) is 0 Å². The second-order valence-corrected chi connectivity index (χ2v) is 7.24. The highest BCUT2D eigenvalue weighted by Gasteiger charge is 2.20. The molecule has 0 N–H and O–H groups in total. The van der Waals surface area contributed by atoms with Crippen molar-refractivity contribution in [2.24, 2.45) is 0 Å². The number of piperazine rings is 1. The van der Waals surface area contributed by atoms with Crippen LogP contribution in [0.4, 0.5) is 11.6 Å². The molecule has 4 heterocycles. The average molecular weight is 382 g/mol. The first-order valence-corrected chi connectivity index (χ1v) is 10.1. The Labute approximate surface area is 162 Å². The third-order valence-corrected chi connectivity index (χ3v) is 5.07. The maximum absolute atomic E-state index is 4.65. The summed E-state index contributed by atoms with van der Waals surface area (Å²) in [7, 11) is 0. The molecule has 0 atom stereocenters. The van der Waals surface area contributed by atoms with Crippen LogP contribution in [0.5, 0.6) is 0 Å². The lowest BCUT2D eigenvalue weighted by molar-refractivity contribution is 0.635. The zero-order chi connectivity index (χ0) is 18.8. The van der Waals surface area contributed by atoms with Gasteiger partial charge in [-0.05, 0) is 26.2 Å². The average Bonchev–Trinajstić information content (AvgIpc) is 3.14. The minimum Gasteiger partial charge on any atom is -0.353 e. The van der Waals surface area contributed by atoms with Gasteiger partial charge in [0.25, 0.3) is 0 Å². The van der Waals surface area contributed by atoms with Crippen LogP contribution in [0.25, 0.3) is 5.82 Å². The fourth-order valence-corrected chi connectivity index (χ4v) is 3.54. The summed E-state index contributed by atoms with van der Waals surface area (Å²) in [4.78, 5) is 22.5. The summed E-state index contributed by atoms with van der Waals surface area (Å²) in [5.41, 5.74) is 1.97. The highest BCUT2D eigenvalue weighted by molar-refractivity contribution is 7.98. The Hall–Kier alpha value is -2.68. The van der Waals surface area contributed by atoms with Gasteiger partial charge in [0.1, 0.15) is 18.0 Å². The Morgan fingerprint density at radius 2 is 1.56 bits per heavy atom. The van der Waals surface area contributed by atoms with Crippen molar-refractivity contribution in [2.45, 2.75) is 19.0 Å². The van der Waals surface area contributed by atoms with Crippen LogP contribution in [0.1, 0.15) is 11.4 Å². The molecule has 0 saturated carbocycles. The first kappa shape index (κ1) is 17.7. The smallest absolute Gasteiger partial charge is 0.189 e. The second kappa shape index (κ2) is 7.51. The van der Waals surface area contributed by atoms with Gasteiger partial charge in [-0.15, -0.1) is 0 Å². The standard InChI is InChI=1S/C18H22N8S/c1-13-4-5-26(23-13)16-11-15(19-12-20-16)24-6-8-25(9-7-24)17-10-14(2)21-18(22-17)27-3/h4-5,10-12H,6-9H2,1-3H3. The van der Waals surface area contributed by atoms with Gasteiger partial charge in [-0.2, -0.15) is 5.10 Å². The summed E-state index contributed by atoms with van der Waals surface area (Å²) in [5, 5.41) is 5.25. The zero-order valence-corrected chi connectivity index (χ0v) is 16.5. The van der Waals surface area contributed by atoms with Gasteiger partial charge in [-0.3, -0.25) is 0 Å². The lowest BCUT2D eigenvalue weighted by atomic mass is 10.3. The molecule has 1 aliphatic rings. The van der Waals surface area contributed by atoms with Crippen LogP contribution in [-0.2, 0) is 0 Å².